The van der Waals surface area contributed by atoms with E-state index in [4.69, 9.17) is 9.84 Å². The summed E-state index contributed by atoms with van der Waals surface area (Å²) in [4.78, 5) is 24.7. The molecule has 6 nitrogen and oxygen atoms in total. The maximum Gasteiger partial charge on any atom is 0.326 e. The van der Waals surface area contributed by atoms with Crippen molar-refractivity contribution in [3.05, 3.63) is 29.3 Å². The number of rotatable bonds is 3. The topological polar surface area (TPSA) is 87.1 Å². The lowest BCUT2D eigenvalue weighted by Gasteiger charge is -2.21. The number of hydrogen-bond acceptors (Lipinski definition) is 4. The zero-order valence-corrected chi connectivity index (χ0v) is 11.4. The Morgan fingerprint density at radius 1 is 1.40 bits per heavy atom. The van der Waals surface area contributed by atoms with Gasteiger partial charge < -0.3 is 19.8 Å². The van der Waals surface area contributed by atoms with Crippen LogP contribution in [-0.2, 0) is 4.79 Å². The van der Waals surface area contributed by atoms with Crippen LogP contribution in [0.1, 0.15) is 22.3 Å². The molecule has 1 saturated heterocycles. The lowest BCUT2D eigenvalue weighted by molar-refractivity contribution is -0.141. The molecule has 1 aromatic rings. The number of amides is 1. The Hall–Kier alpha value is -2.08. The van der Waals surface area contributed by atoms with E-state index in [1.165, 1.54) is 12.0 Å². The maximum absolute atomic E-state index is 12.4. The van der Waals surface area contributed by atoms with Crippen LogP contribution in [0.15, 0.2) is 18.2 Å². The van der Waals surface area contributed by atoms with Gasteiger partial charge in [0.15, 0.2) is 0 Å². The first-order valence-electron chi connectivity index (χ1n) is 6.30. The van der Waals surface area contributed by atoms with Gasteiger partial charge in [-0.25, -0.2) is 4.79 Å². The van der Waals surface area contributed by atoms with Crippen LogP contribution in [0, 0.1) is 6.92 Å². The Morgan fingerprint density at radius 2 is 2.10 bits per heavy atom. The van der Waals surface area contributed by atoms with Crippen molar-refractivity contribution in [1.29, 1.82) is 0 Å². The van der Waals surface area contributed by atoms with Gasteiger partial charge in [0.2, 0.25) is 0 Å². The van der Waals surface area contributed by atoms with Gasteiger partial charge in [0.1, 0.15) is 11.8 Å². The summed E-state index contributed by atoms with van der Waals surface area (Å²) in [6.07, 6.45) is -0.739. The molecule has 0 bridgehead atoms. The van der Waals surface area contributed by atoms with Crippen molar-refractivity contribution in [1.82, 2.24) is 4.90 Å². The number of benzene rings is 1. The number of methoxy groups -OCH3 is 1. The molecule has 1 fully saturated rings. The number of carboxylic acids is 1. The molecule has 1 aromatic carbocycles. The number of likely N-dealkylation sites (tertiary alicyclic amines) is 1. The minimum absolute atomic E-state index is 0.0337. The lowest BCUT2D eigenvalue weighted by Crippen LogP contribution is -2.40. The molecule has 6 heteroatoms. The summed E-state index contributed by atoms with van der Waals surface area (Å²) in [5, 5.41) is 18.7. The molecule has 0 aromatic heterocycles. The van der Waals surface area contributed by atoms with Crippen LogP contribution in [-0.4, -0.2) is 52.8 Å². The largest absolute Gasteiger partial charge is 0.496 e. The molecule has 108 valence electrons. The third-order valence-electron chi connectivity index (χ3n) is 3.48. The average molecular weight is 279 g/mol. The molecule has 0 spiro atoms. The van der Waals surface area contributed by atoms with Crippen LogP contribution in [0.2, 0.25) is 0 Å². The smallest absolute Gasteiger partial charge is 0.326 e. The van der Waals surface area contributed by atoms with Crippen molar-refractivity contribution in [2.75, 3.05) is 13.7 Å². The molecule has 1 aliphatic heterocycles. The summed E-state index contributed by atoms with van der Waals surface area (Å²) >= 11 is 0. The van der Waals surface area contributed by atoms with Crippen LogP contribution in [0.4, 0.5) is 0 Å². The first kappa shape index (κ1) is 14.3. The highest BCUT2D eigenvalue weighted by atomic mass is 16.5. The Labute approximate surface area is 116 Å². The second kappa shape index (κ2) is 5.50. The molecule has 2 atom stereocenters. The normalized spacial score (nSPS) is 21.9. The van der Waals surface area contributed by atoms with Crippen LogP contribution >= 0.6 is 0 Å². The van der Waals surface area contributed by atoms with E-state index in [1.54, 1.807) is 18.2 Å². The van der Waals surface area contributed by atoms with E-state index in [0.717, 1.165) is 5.56 Å². The highest BCUT2D eigenvalue weighted by Gasteiger charge is 2.39. The van der Waals surface area contributed by atoms with Gasteiger partial charge in [-0.15, -0.1) is 0 Å². The Kier molecular flexibility index (Phi) is 3.94. The van der Waals surface area contributed by atoms with Crippen molar-refractivity contribution < 1.29 is 24.5 Å². The zero-order valence-electron chi connectivity index (χ0n) is 11.4. The number of hydrogen-bond donors (Lipinski definition) is 2. The van der Waals surface area contributed by atoms with E-state index in [1.807, 2.05) is 6.92 Å². The maximum atomic E-state index is 12.4. The van der Waals surface area contributed by atoms with Gasteiger partial charge in [0, 0.05) is 18.5 Å². The number of nitrogens with zero attached hydrogens (tertiary/aromatic N) is 1. The quantitative estimate of drug-likeness (QED) is 0.849. The predicted molar refractivity (Wildman–Crippen MR) is 70.8 cm³/mol. The van der Waals surface area contributed by atoms with Crippen LogP contribution in [0.3, 0.4) is 0 Å². The SMILES string of the molecule is COc1cc(C(=O)N2C[C@H](O)C[C@H]2C(=O)O)ccc1C. The van der Waals surface area contributed by atoms with Crippen LogP contribution in [0.25, 0.3) is 0 Å². The molecule has 0 aliphatic carbocycles. The summed E-state index contributed by atoms with van der Waals surface area (Å²) in [6, 6.07) is 3.98. The summed E-state index contributed by atoms with van der Waals surface area (Å²) in [5.74, 6) is -0.941. The third-order valence-corrected chi connectivity index (χ3v) is 3.48. The number of aliphatic hydroxyl groups excluding tert-OH is 1. The lowest BCUT2D eigenvalue weighted by atomic mass is 10.1. The third kappa shape index (κ3) is 2.60. The summed E-state index contributed by atoms with van der Waals surface area (Å²) in [6.45, 7) is 1.89. The van der Waals surface area contributed by atoms with E-state index >= 15 is 0 Å². The summed E-state index contributed by atoms with van der Waals surface area (Å²) < 4.78 is 5.16. The first-order valence-corrected chi connectivity index (χ1v) is 6.30. The van der Waals surface area contributed by atoms with Gasteiger partial charge in [-0.3, -0.25) is 4.79 Å². The molecule has 20 heavy (non-hydrogen) atoms. The molecule has 2 rings (SSSR count). The van der Waals surface area contributed by atoms with Gasteiger partial charge in [-0.2, -0.15) is 0 Å². The molecule has 1 heterocycles. The van der Waals surface area contributed by atoms with E-state index < -0.39 is 24.0 Å². The Morgan fingerprint density at radius 3 is 2.70 bits per heavy atom. The van der Waals surface area contributed by atoms with Gasteiger partial charge in [0.05, 0.1) is 13.2 Å². The molecule has 2 N–H and O–H groups in total. The predicted octanol–water partition coefficient (Wildman–Crippen LogP) is 0.664. The number of aliphatic carboxylic acids is 1. The molecule has 1 aliphatic rings. The number of aryl methyl sites for hydroxylation is 1. The fraction of sp³-hybridized carbons (Fsp3) is 0.429. The molecule has 0 saturated carbocycles. The first-order chi connectivity index (χ1) is 9.43. The van der Waals surface area contributed by atoms with Crippen molar-refractivity contribution in [2.24, 2.45) is 0 Å². The number of ether oxygens (including phenoxy) is 1. The number of carbonyl (C=O) groups excluding carboxylic acids is 1. The van der Waals surface area contributed by atoms with E-state index in [0.29, 0.717) is 11.3 Å². The molecule has 0 unspecified atom stereocenters. The number of carbonyl (C=O) groups is 2. The van der Waals surface area contributed by atoms with Crippen molar-refractivity contribution >= 4 is 11.9 Å². The monoisotopic (exact) mass is 279 g/mol. The zero-order chi connectivity index (χ0) is 14.9. The molecular formula is C14H17NO5. The number of carboxylic acid groups (broad SMARTS) is 1. The van der Waals surface area contributed by atoms with Crippen LogP contribution < -0.4 is 4.74 Å². The molecule has 1 amide bonds. The molecular weight excluding hydrogens is 262 g/mol. The van der Waals surface area contributed by atoms with Crippen molar-refractivity contribution in [3.8, 4) is 5.75 Å². The van der Waals surface area contributed by atoms with Gasteiger partial charge in [-0.1, -0.05) is 6.07 Å². The van der Waals surface area contributed by atoms with E-state index in [9.17, 15) is 14.7 Å². The minimum atomic E-state index is -1.10. The summed E-state index contributed by atoms with van der Waals surface area (Å²) in [5.41, 5.74) is 1.24. The van der Waals surface area contributed by atoms with Crippen molar-refractivity contribution in [2.45, 2.75) is 25.5 Å². The Bertz CT molecular complexity index is 542. The standard InChI is InChI=1S/C14H17NO5/c1-8-3-4-9(5-12(8)20-2)13(17)15-7-10(16)6-11(15)14(18)19/h3-5,10-11,16H,6-7H2,1-2H3,(H,18,19)/t10-,11+/m1/s1. The second-order valence-corrected chi connectivity index (χ2v) is 4.89. The Balaban J connectivity index is 2.28. The number of aliphatic hydroxyl groups is 1. The fourth-order valence-corrected chi connectivity index (χ4v) is 2.39. The molecule has 0 radical (unpaired) electrons. The van der Waals surface area contributed by atoms with Crippen molar-refractivity contribution in [3.63, 3.8) is 0 Å². The van der Waals surface area contributed by atoms with Gasteiger partial charge in [0.25, 0.3) is 5.91 Å². The van der Waals surface area contributed by atoms with E-state index in [2.05, 4.69) is 0 Å². The van der Waals surface area contributed by atoms with Crippen LogP contribution in [0.5, 0.6) is 5.75 Å². The van der Waals surface area contributed by atoms with Gasteiger partial charge >= 0.3 is 5.97 Å². The highest BCUT2D eigenvalue weighted by molar-refractivity contribution is 5.97. The van der Waals surface area contributed by atoms with E-state index in [-0.39, 0.29) is 13.0 Å². The fourth-order valence-electron chi connectivity index (χ4n) is 2.39. The van der Waals surface area contributed by atoms with Gasteiger partial charge in [-0.05, 0) is 24.6 Å². The number of β-amino-alcohol motifs (C(OH)–C–C–N with tert-alkyl or cyclic N) is 1. The highest BCUT2D eigenvalue weighted by Crippen LogP contribution is 2.24. The second-order valence-electron chi connectivity index (χ2n) is 4.89. The minimum Gasteiger partial charge on any atom is -0.496 e. The summed E-state index contributed by atoms with van der Waals surface area (Å²) in [7, 11) is 1.51. The average Bonchev–Trinajstić information content (AvgIpc) is 2.81.